The Bertz CT molecular complexity index is 887. The van der Waals surface area contributed by atoms with E-state index < -0.39 is 38.6 Å². The van der Waals surface area contributed by atoms with Gasteiger partial charge in [-0.25, -0.2) is 13.6 Å². The monoisotopic (exact) mass is 475 g/mol. The van der Waals surface area contributed by atoms with E-state index in [9.17, 15) is 13.6 Å². The Hall–Kier alpha value is -2.25. The first-order chi connectivity index (χ1) is 15.3. The van der Waals surface area contributed by atoms with E-state index in [4.69, 9.17) is 9.16 Å². The molecule has 0 spiro atoms. The van der Waals surface area contributed by atoms with Crippen LogP contribution in [0.4, 0.5) is 13.6 Å². The van der Waals surface area contributed by atoms with E-state index in [1.807, 2.05) is 36.4 Å². The van der Waals surface area contributed by atoms with Crippen LogP contribution < -0.4 is 10.4 Å². The first-order valence-corrected chi connectivity index (χ1v) is 13.3. The number of carbonyl (C=O) groups excluding carboxylic acids is 1. The summed E-state index contributed by atoms with van der Waals surface area (Å²) in [4.78, 5) is 13.9. The van der Waals surface area contributed by atoms with E-state index in [2.05, 4.69) is 45.0 Å². The van der Waals surface area contributed by atoms with Gasteiger partial charge in [0, 0.05) is 13.0 Å². The molecule has 0 radical (unpaired) electrons. The van der Waals surface area contributed by atoms with Gasteiger partial charge in [-0.05, 0) is 36.2 Å². The third-order valence-electron chi connectivity index (χ3n) is 5.98. The van der Waals surface area contributed by atoms with Crippen molar-refractivity contribution in [3.8, 4) is 0 Å². The Labute approximate surface area is 197 Å². The highest BCUT2D eigenvalue weighted by Gasteiger charge is 2.54. The molecule has 4 nitrogen and oxygen atoms in total. The summed E-state index contributed by atoms with van der Waals surface area (Å²) in [5.41, 5.74) is -0.763. The van der Waals surface area contributed by atoms with Crippen molar-refractivity contribution in [1.82, 2.24) is 4.90 Å². The van der Waals surface area contributed by atoms with Crippen molar-refractivity contribution < 1.29 is 22.7 Å². The summed E-state index contributed by atoms with van der Waals surface area (Å²) < 4.78 is 40.4. The topological polar surface area (TPSA) is 38.8 Å². The van der Waals surface area contributed by atoms with Gasteiger partial charge in [0.1, 0.15) is 5.60 Å². The van der Waals surface area contributed by atoms with Gasteiger partial charge in [0.25, 0.3) is 14.7 Å². The number of hydrogen-bond donors (Lipinski definition) is 0. The van der Waals surface area contributed by atoms with Gasteiger partial charge < -0.3 is 9.16 Å². The Morgan fingerprint density at radius 2 is 1.42 bits per heavy atom. The number of likely N-dealkylation sites (tertiary alicyclic amines) is 1. The minimum atomic E-state index is -2.91. The maximum absolute atomic E-state index is 14.0. The van der Waals surface area contributed by atoms with Gasteiger partial charge in [0.2, 0.25) is 0 Å². The Kier molecular flexibility index (Phi) is 7.34. The van der Waals surface area contributed by atoms with Crippen molar-refractivity contribution in [3.63, 3.8) is 0 Å². The molecule has 0 aliphatic carbocycles. The summed E-state index contributed by atoms with van der Waals surface area (Å²) >= 11 is 0. The van der Waals surface area contributed by atoms with Crippen LogP contribution in [-0.4, -0.2) is 50.0 Å². The SMILES string of the molecule is CC(C)(C)OC(=O)N1C[C@H](O[Si](c2ccccc2)(c2ccccc2)C(C)(C)C)C[C@@H]1C(F)F. The second kappa shape index (κ2) is 9.55. The summed E-state index contributed by atoms with van der Waals surface area (Å²) in [5.74, 6) is 0. The summed E-state index contributed by atoms with van der Waals surface area (Å²) in [6.45, 7) is 11.7. The van der Waals surface area contributed by atoms with E-state index in [0.717, 1.165) is 15.3 Å². The van der Waals surface area contributed by atoms with Gasteiger partial charge in [-0.15, -0.1) is 0 Å². The highest BCUT2D eigenvalue weighted by Crippen LogP contribution is 2.39. The van der Waals surface area contributed by atoms with Crippen LogP contribution in [0, 0.1) is 0 Å². The normalized spacial score (nSPS) is 19.7. The number of benzene rings is 2. The maximum atomic E-state index is 14.0. The summed E-state index contributed by atoms with van der Waals surface area (Å²) in [7, 11) is -2.91. The van der Waals surface area contributed by atoms with Crippen LogP contribution in [-0.2, 0) is 9.16 Å². The number of carbonyl (C=O) groups is 1. The maximum Gasteiger partial charge on any atom is 0.410 e. The van der Waals surface area contributed by atoms with Crippen molar-refractivity contribution in [2.75, 3.05) is 6.54 Å². The van der Waals surface area contributed by atoms with E-state index in [1.54, 1.807) is 20.8 Å². The van der Waals surface area contributed by atoms with Crippen molar-refractivity contribution >= 4 is 24.8 Å². The van der Waals surface area contributed by atoms with E-state index in [-0.39, 0.29) is 18.0 Å². The van der Waals surface area contributed by atoms with Crippen LogP contribution in [0.1, 0.15) is 48.0 Å². The number of ether oxygens (including phenoxy) is 1. The van der Waals surface area contributed by atoms with Crippen LogP contribution in [0.25, 0.3) is 0 Å². The van der Waals surface area contributed by atoms with Gasteiger partial charge >= 0.3 is 6.09 Å². The van der Waals surface area contributed by atoms with Crippen molar-refractivity contribution in [3.05, 3.63) is 60.7 Å². The standard InChI is InChI=1S/C26H35F2NO3Si/c1-25(2,3)31-24(30)29-18-19(17-22(29)23(27)28)32-33(26(4,5)6,20-13-9-7-10-14-20)21-15-11-8-12-16-21/h7-16,19,22-23H,17-18H2,1-6H3/t19-,22-/m1/s1. The zero-order chi connectivity index (χ0) is 24.4. The third-order valence-corrected chi connectivity index (χ3v) is 11.1. The lowest BCUT2D eigenvalue weighted by molar-refractivity contribution is -0.00246. The smallest absolute Gasteiger partial charge is 0.410 e. The molecular weight excluding hydrogens is 440 g/mol. The largest absolute Gasteiger partial charge is 0.444 e. The fourth-order valence-electron chi connectivity index (χ4n) is 4.62. The predicted molar refractivity (Wildman–Crippen MR) is 130 cm³/mol. The molecule has 33 heavy (non-hydrogen) atoms. The quantitative estimate of drug-likeness (QED) is 0.558. The average Bonchev–Trinajstić information content (AvgIpc) is 3.16. The minimum absolute atomic E-state index is 0.0708. The molecule has 1 aliphatic rings. The molecule has 1 fully saturated rings. The molecule has 0 saturated carbocycles. The van der Waals surface area contributed by atoms with Crippen LogP contribution in [0.2, 0.25) is 5.04 Å². The minimum Gasteiger partial charge on any atom is -0.444 e. The van der Waals surface area contributed by atoms with Gasteiger partial charge in [-0.2, -0.15) is 0 Å². The molecule has 0 unspecified atom stereocenters. The van der Waals surface area contributed by atoms with Crippen molar-refractivity contribution in [2.45, 2.75) is 77.2 Å². The molecule has 1 heterocycles. The number of nitrogens with zero attached hydrogens (tertiary/aromatic N) is 1. The lowest BCUT2D eigenvalue weighted by Crippen LogP contribution is -2.67. The molecule has 2 atom stereocenters. The number of rotatable bonds is 5. The molecule has 0 bridgehead atoms. The van der Waals surface area contributed by atoms with Crippen LogP contribution >= 0.6 is 0 Å². The van der Waals surface area contributed by atoms with Gasteiger partial charge in [-0.3, -0.25) is 4.90 Å². The van der Waals surface area contributed by atoms with E-state index >= 15 is 0 Å². The summed E-state index contributed by atoms with van der Waals surface area (Å²) in [6, 6.07) is 18.9. The van der Waals surface area contributed by atoms with Crippen LogP contribution in [0.5, 0.6) is 0 Å². The average molecular weight is 476 g/mol. The summed E-state index contributed by atoms with van der Waals surface area (Å²) in [5, 5.41) is 1.87. The van der Waals surface area contributed by atoms with Crippen LogP contribution in [0.3, 0.4) is 0 Å². The molecule has 180 valence electrons. The number of halogens is 2. The Balaban J connectivity index is 2.03. The van der Waals surface area contributed by atoms with Crippen molar-refractivity contribution in [1.29, 1.82) is 0 Å². The van der Waals surface area contributed by atoms with Gasteiger partial charge in [0.15, 0.2) is 0 Å². The molecule has 1 saturated heterocycles. The van der Waals surface area contributed by atoms with Crippen LogP contribution in [0.15, 0.2) is 60.7 Å². The predicted octanol–water partition coefficient (Wildman–Crippen LogP) is 5.21. The molecule has 2 aromatic rings. The fourth-order valence-corrected chi connectivity index (χ4v) is 9.31. The zero-order valence-electron chi connectivity index (χ0n) is 20.3. The molecule has 2 aromatic carbocycles. The Morgan fingerprint density at radius 3 is 1.82 bits per heavy atom. The third kappa shape index (κ3) is 5.46. The van der Waals surface area contributed by atoms with E-state index in [0.29, 0.717) is 0 Å². The second-order valence-electron chi connectivity index (χ2n) is 10.7. The molecule has 1 aliphatic heterocycles. The number of hydrogen-bond acceptors (Lipinski definition) is 3. The van der Waals surface area contributed by atoms with Gasteiger partial charge in [-0.1, -0.05) is 81.4 Å². The van der Waals surface area contributed by atoms with Crippen molar-refractivity contribution in [2.24, 2.45) is 0 Å². The van der Waals surface area contributed by atoms with E-state index in [1.165, 1.54) is 0 Å². The highest BCUT2D eigenvalue weighted by molar-refractivity contribution is 6.99. The fraction of sp³-hybridized carbons (Fsp3) is 0.500. The van der Waals surface area contributed by atoms with Gasteiger partial charge in [0.05, 0.1) is 12.1 Å². The number of alkyl halides is 2. The molecular formula is C26H35F2NO3Si. The second-order valence-corrected chi connectivity index (χ2v) is 14.9. The number of amides is 1. The molecule has 1 amide bonds. The first kappa shape index (κ1) is 25.4. The molecule has 3 rings (SSSR count). The highest BCUT2D eigenvalue weighted by atomic mass is 28.4. The molecule has 0 N–H and O–H groups in total. The molecule has 0 aromatic heterocycles. The Morgan fingerprint density at radius 1 is 0.939 bits per heavy atom. The lowest BCUT2D eigenvalue weighted by Gasteiger charge is -2.44. The molecule has 7 heteroatoms. The summed E-state index contributed by atoms with van der Waals surface area (Å²) in [6.07, 6.45) is -3.85. The first-order valence-electron chi connectivity index (χ1n) is 11.4. The lowest BCUT2D eigenvalue weighted by atomic mass is 10.2. The zero-order valence-corrected chi connectivity index (χ0v) is 21.3.